The summed E-state index contributed by atoms with van der Waals surface area (Å²) >= 11 is 0. The molecule has 0 bridgehead atoms. The summed E-state index contributed by atoms with van der Waals surface area (Å²) in [4.78, 5) is 25.8. The molecule has 0 aliphatic carbocycles. The van der Waals surface area contributed by atoms with Crippen molar-refractivity contribution in [2.24, 2.45) is 0 Å². The lowest BCUT2D eigenvalue weighted by Crippen LogP contribution is -2.24. The molecule has 1 heterocycles. The molecule has 34 heavy (non-hydrogen) atoms. The van der Waals surface area contributed by atoms with E-state index in [1.54, 1.807) is 30.3 Å². The predicted octanol–water partition coefficient (Wildman–Crippen LogP) is 4.10. The SMILES string of the molecule is COc1ccc2c(c1)c(=O)c(S(=O)(=O)c1ccccc1)cn2CC(=O)Nc1cc(C)ccc1C. The molecule has 0 saturated carbocycles. The summed E-state index contributed by atoms with van der Waals surface area (Å²) in [6.45, 7) is 3.63. The van der Waals surface area contributed by atoms with E-state index in [9.17, 15) is 18.0 Å². The molecule has 0 aliphatic heterocycles. The van der Waals surface area contributed by atoms with Crippen molar-refractivity contribution in [1.82, 2.24) is 4.57 Å². The highest BCUT2D eigenvalue weighted by Crippen LogP contribution is 2.24. The van der Waals surface area contributed by atoms with Crippen molar-refractivity contribution in [1.29, 1.82) is 0 Å². The molecule has 1 amide bonds. The van der Waals surface area contributed by atoms with Crippen LogP contribution in [0.1, 0.15) is 11.1 Å². The van der Waals surface area contributed by atoms with Gasteiger partial charge in [0.15, 0.2) is 0 Å². The molecule has 0 spiro atoms. The lowest BCUT2D eigenvalue weighted by molar-refractivity contribution is -0.116. The molecular formula is C26H24N2O5S. The van der Waals surface area contributed by atoms with Gasteiger partial charge >= 0.3 is 0 Å². The Hall–Kier alpha value is -3.91. The minimum absolute atomic E-state index is 0.000679. The smallest absolute Gasteiger partial charge is 0.244 e. The third kappa shape index (κ3) is 4.45. The molecule has 0 aliphatic rings. The van der Waals surface area contributed by atoms with Gasteiger partial charge in [0.2, 0.25) is 21.2 Å². The summed E-state index contributed by atoms with van der Waals surface area (Å²) in [5, 5.41) is 3.03. The van der Waals surface area contributed by atoms with Crippen LogP contribution in [0.2, 0.25) is 0 Å². The molecule has 0 fully saturated rings. The topological polar surface area (TPSA) is 94.5 Å². The van der Waals surface area contributed by atoms with E-state index in [4.69, 9.17) is 4.74 Å². The lowest BCUT2D eigenvalue weighted by atomic mass is 10.1. The number of aryl methyl sites for hydroxylation is 2. The molecule has 4 rings (SSSR count). The Labute approximate surface area is 197 Å². The van der Waals surface area contributed by atoms with Crippen molar-refractivity contribution in [2.45, 2.75) is 30.2 Å². The average molecular weight is 477 g/mol. The van der Waals surface area contributed by atoms with Gasteiger partial charge in [-0.3, -0.25) is 9.59 Å². The minimum atomic E-state index is -4.12. The van der Waals surface area contributed by atoms with Crippen molar-refractivity contribution in [2.75, 3.05) is 12.4 Å². The largest absolute Gasteiger partial charge is 0.497 e. The van der Waals surface area contributed by atoms with Crippen molar-refractivity contribution >= 4 is 32.3 Å². The number of methoxy groups -OCH3 is 1. The molecule has 0 saturated heterocycles. The monoisotopic (exact) mass is 476 g/mol. The van der Waals surface area contributed by atoms with Crippen LogP contribution in [0.15, 0.2) is 87.5 Å². The molecule has 8 heteroatoms. The van der Waals surface area contributed by atoms with Gasteiger partial charge < -0.3 is 14.6 Å². The van der Waals surface area contributed by atoms with E-state index in [-0.39, 0.29) is 22.7 Å². The Balaban J connectivity index is 1.84. The van der Waals surface area contributed by atoms with Crippen LogP contribution >= 0.6 is 0 Å². The van der Waals surface area contributed by atoms with Crippen LogP contribution in [0.4, 0.5) is 5.69 Å². The van der Waals surface area contributed by atoms with Gasteiger partial charge in [0.25, 0.3) is 0 Å². The van der Waals surface area contributed by atoms with E-state index in [0.717, 1.165) is 11.1 Å². The van der Waals surface area contributed by atoms with Gasteiger partial charge in [-0.15, -0.1) is 0 Å². The summed E-state index contributed by atoms with van der Waals surface area (Å²) in [5.41, 5.74) is 2.35. The van der Waals surface area contributed by atoms with Gasteiger partial charge in [0.05, 0.1) is 22.9 Å². The van der Waals surface area contributed by atoms with Crippen LogP contribution in [-0.4, -0.2) is 26.0 Å². The van der Waals surface area contributed by atoms with E-state index in [1.807, 2.05) is 32.0 Å². The second-order valence-corrected chi connectivity index (χ2v) is 9.93. The number of pyridine rings is 1. The van der Waals surface area contributed by atoms with Crippen LogP contribution in [0.5, 0.6) is 5.75 Å². The van der Waals surface area contributed by atoms with E-state index in [2.05, 4.69) is 5.32 Å². The number of nitrogens with one attached hydrogen (secondary N) is 1. The zero-order valence-corrected chi connectivity index (χ0v) is 19.8. The van der Waals surface area contributed by atoms with Crippen LogP contribution in [0.25, 0.3) is 10.9 Å². The highest BCUT2D eigenvalue weighted by atomic mass is 32.2. The third-order valence-electron chi connectivity index (χ3n) is 5.58. The lowest BCUT2D eigenvalue weighted by Gasteiger charge is -2.15. The molecule has 1 N–H and O–H groups in total. The highest BCUT2D eigenvalue weighted by Gasteiger charge is 2.24. The van der Waals surface area contributed by atoms with E-state index >= 15 is 0 Å². The molecule has 0 atom stereocenters. The summed E-state index contributed by atoms with van der Waals surface area (Å²) in [5.74, 6) is 0.0581. The van der Waals surface area contributed by atoms with E-state index < -0.39 is 20.2 Å². The Morgan fingerprint density at radius 1 is 1.00 bits per heavy atom. The number of carbonyl (C=O) groups excluding carboxylic acids is 1. The summed E-state index contributed by atoms with van der Waals surface area (Å²) in [6, 6.07) is 18.3. The van der Waals surface area contributed by atoms with Crippen molar-refractivity contribution in [3.8, 4) is 5.75 Å². The molecule has 3 aromatic carbocycles. The fraction of sp³-hybridized carbons (Fsp3) is 0.154. The molecule has 4 aromatic rings. The Kier molecular flexibility index (Phi) is 6.26. The number of rotatable bonds is 6. The van der Waals surface area contributed by atoms with Gasteiger partial charge in [0.1, 0.15) is 17.2 Å². The van der Waals surface area contributed by atoms with Gasteiger partial charge in [-0.25, -0.2) is 8.42 Å². The number of fused-ring (bicyclic) bond motifs is 1. The Bertz CT molecular complexity index is 1560. The second-order valence-electron chi connectivity index (χ2n) is 8.02. The fourth-order valence-electron chi connectivity index (χ4n) is 3.74. The summed E-state index contributed by atoms with van der Waals surface area (Å²) in [7, 11) is -2.66. The summed E-state index contributed by atoms with van der Waals surface area (Å²) in [6.07, 6.45) is 1.24. The number of carbonyl (C=O) groups is 1. The maximum Gasteiger partial charge on any atom is 0.244 e. The van der Waals surface area contributed by atoms with Crippen LogP contribution in [0, 0.1) is 13.8 Å². The number of amides is 1. The molecule has 0 radical (unpaired) electrons. The first kappa shape index (κ1) is 23.3. The number of benzene rings is 3. The summed E-state index contributed by atoms with van der Waals surface area (Å²) < 4.78 is 33.4. The van der Waals surface area contributed by atoms with Crippen molar-refractivity contribution in [3.63, 3.8) is 0 Å². The first-order chi connectivity index (χ1) is 16.2. The van der Waals surface area contributed by atoms with Crippen LogP contribution < -0.4 is 15.5 Å². The number of sulfone groups is 1. The predicted molar refractivity (Wildman–Crippen MR) is 131 cm³/mol. The van der Waals surface area contributed by atoms with Gasteiger partial charge in [-0.1, -0.05) is 30.3 Å². The maximum atomic E-state index is 13.3. The van der Waals surface area contributed by atoms with Crippen LogP contribution in [0.3, 0.4) is 0 Å². The van der Waals surface area contributed by atoms with Gasteiger partial charge in [-0.2, -0.15) is 0 Å². The molecule has 1 aromatic heterocycles. The second kappa shape index (κ2) is 9.15. The van der Waals surface area contributed by atoms with E-state index in [0.29, 0.717) is 17.0 Å². The number of aromatic nitrogens is 1. The number of hydrogen-bond donors (Lipinski definition) is 1. The van der Waals surface area contributed by atoms with Gasteiger partial charge in [0, 0.05) is 11.9 Å². The van der Waals surface area contributed by atoms with Gasteiger partial charge in [-0.05, 0) is 61.4 Å². The third-order valence-corrected chi connectivity index (χ3v) is 7.34. The van der Waals surface area contributed by atoms with Crippen LogP contribution in [-0.2, 0) is 21.2 Å². The zero-order valence-electron chi connectivity index (χ0n) is 19.0. The normalized spacial score (nSPS) is 11.4. The standard InChI is InChI=1S/C26H24N2O5S/c1-17-9-10-18(2)22(13-17)27-25(29)16-28-15-24(34(31,32)20-7-5-4-6-8-20)26(30)21-14-19(33-3)11-12-23(21)28/h4-15H,16H2,1-3H3,(H,27,29). The number of nitrogens with zero attached hydrogens (tertiary/aromatic N) is 1. The van der Waals surface area contributed by atoms with Crippen molar-refractivity contribution in [3.05, 3.63) is 94.3 Å². The Morgan fingerprint density at radius 2 is 1.74 bits per heavy atom. The average Bonchev–Trinajstić information content (AvgIpc) is 2.83. The zero-order chi connectivity index (χ0) is 24.5. The first-order valence-electron chi connectivity index (χ1n) is 10.6. The molecule has 0 unspecified atom stereocenters. The number of ether oxygens (including phenoxy) is 1. The molecule has 7 nitrogen and oxygen atoms in total. The van der Waals surface area contributed by atoms with E-state index in [1.165, 1.54) is 36.1 Å². The number of hydrogen-bond acceptors (Lipinski definition) is 5. The number of anilines is 1. The molecular weight excluding hydrogens is 452 g/mol. The maximum absolute atomic E-state index is 13.3. The first-order valence-corrected chi connectivity index (χ1v) is 12.1. The fourth-order valence-corrected chi connectivity index (χ4v) is 5.13. The quantitative estimate of drug-likeness (QED) is 0.452. The highest BCUT2D eigenvalue weighted by molar-refractivity contribution is 7.91. The Morgan fingerprint density at radius 3 is 2.44 bits per heavy atom. The minimum Gasteiger partial charge on any atom is -0.497 e. The molecule has 174 valence electrons. The van der Waals surface area contributed by atoms with Crippen molar-refractivity contribution < 1.29 is 17.9 Å².